The van der Waals surface area contributed by atoms with Crippen LogP contribution in [0.4, 0.5) is 11.4 Å². The van der Waals surface area contributed by atoms with Gasteiger partial charge in [0.25, 0.3) is 0 Å². The van der Waals surface area contributed by atoms with Crippen LogP contribution in [-0.2, 0) is 19.2 Å². The minimum atomic E-state index is -0.651. The zero-order chi connectivity index (χ0) is 30.3. The highest BCUT2D eigenvalue weighted by atomic mass is 35.5. The summed E-state index contributed by atoms with van der Waals surface area (Å²) in [5.41, 5.74) is 6.18. The van der Waals surface area contributed by atoms with Crippen molar-refractivity contribution in [3.8, 4) is 5.75 Å². The number of imide groups is 1. The van der Waals surface area contributed by atoms with Crippen molar-refractivity contribution < 1.29 is 23.9 Å². The quantitative estimate of drug-likeness (QED) is 0.162. The Kier molecular flexibility index (Phi) is 6.04. The highest BCUT2D eigenvalue weighted by Crippen LogP contribution is 2.61. The van der Waals surface area contributed by atoms with Gasteiger partial charge in [-0.05, 0) is 65.1 Å². The van der Waals surface area contributed by atoms with E-state index in [1.165, 1.54) is 9.80 Å². The van der Waals surface area contributed by atoms with Gasteiger partial charge in [-0.25, -0.2) is 4.90 Å². The molecule has 2 saturated heterocycles. The number of hydrogen-bond acceptors (Lipinski definition) is 5. The molecule has 0 N–H and O–H groups in total. The number of aryl methyl sites for hydroxylation is 1. The minimum Gasteiger partial charge on any atom is -0.426 e. The number of nitrogens with zero attached hydrogens (tertiary/aromatic N) is 2. The summed E-state index contributed by atoms with van der Waals surface area (Å²) in [4.78, 5) is 56.9. The molecule has 0 spiro atoms. The molecule has 2 fully saturated rings. The Hall–Kier alpha value is -4.75. The van der Waals surface area contributed by atoms with Gasteiger partial charge in [0.05, 0.1) is 34.2 Å². The molecule has 3 amide bonds. The highest BCUT2D eigenvalue weighted by Gasteiger charge is 2.61. The van der Waals surface area contributed by atoms with Gasteiger partial charge in [-0.3, -0.25) is 19.2 Å². The number of hydrogen-bond donors (Lipinski definition) is 0. The van der Waals surface area contributed by atoms with Gasteiger partial charge in [-0.15, -0.1) is 0 Å². The first-order chi connectivity index (χ1) is 21.3. The molecule has 2 bridgehead atoms. The second-order valence-electron chi connectivity index (χ2n) is 12.0. The lowest BCUT2D eigenvalue weighted by molar-refractivity contribution is -0.139. The van der Waals surface area contributed by atoms with E-state index in [2.05, 4.69) is 24.3 Å². The van der Waals surface area contributed by atoms with Crippen molar-refractivity contribution in [1.82, 2.24) is 0 Å². The summed E-state index contributed by atoms with van der Waals surface area (Å²) in [6.07, 6.45) is 0.0216. The van der Waals surface area contributed by atoms with Crippen LogP contribution in [0.1, 0.15) is 46.1 Å². The number of benzene rings is 4. The summed E-state index contributed by atoms with van der Waals surface area (Å²) < 4.78 is 5.70. The fourth-order valence-electron chi connectivity index (χ4n) is 7.83. The third-order valence-corrected chi connectivity index (χ3v) is 10.00. The Labute approximate surface area is 259 Å². The highest BCUT2D eigenvalue weighted by molar-refractivity contribution is 6.34. The number of esters is 1. The Bertz CT molecular complexity index is 1800. The summed E-state index contributed by atoms with van der Waals surface area (Å²) in [7, 11) is 0. The maximum Gasteiger partial charge on any atom is 0.316 e. The smallest absolute Gasteiger partial charge is 0.316 e. The average Bonchev–Trinajstić information content (AvgIpc) is 3.54. The van der Waals surface area contributed by atoms with Gasteiger partial charge in [-0.1, -0.05) is 72.3 Å². The Morgan fingerprint density at radius 2 is 1.30 bits per heavy atom. The predicted molar refractivity (Wildman–Crippen MR) is 165 cm³/mol. The molecular formula is C36H27ClN2O5. The number of para-hydroxylation sites is 1. The molecule has 3 aliphatic carbocycles. The van der Waals surface area contributed by atoms with E-state index in [0.29, 0.717) is 22.0 Å². The van der Waals surface area contributed by atoms with E-state index >= 15 is 0 Å². The first-order valence-corrected chi connectivity index (χ1v) is 15.1. The second-order valence-corrected chi connectivity index (χ2v) is 12.4. The molecule has 3 atom stereocenters. The molecule has 5 aliphatic rings. The van der Waals surface area contributed by atoms with Crippen LogP contribution < -0.4 is 14.5 Å². The van der Waals surface area contributed by atoms with Crippen molar-refractivity contribution in [2.24, 2.45) is 17.8 Å². The Balaban J connectivity index is 1.05. The summed E-state index contributed by atoms with van der Waals surface area (Å²) in [6.45, 7) is 1.97. The van der Waals surface area contributed by atoms with Crippen LogP contribution in [0.5, 0.6) is 5.75 Å². The van der Waals surface area contributed by atoms with E-state index in [9.17, 15) is 19.2 Å². The van der Waals surface area contributed by atoms with E-state index in [1.54, 1.807) is 49.4 Å². The molecule has 0 radical (unpaired) electrons. The molecule has 9 rings (SSSR count). The lowest BCUT2D eigenvalue weighted by Gasteiger charge is -2.45. The summed E-state index contributed by atoms with van der Waals surface area (Å²) in [5, 5.41) is 0.438. The normalized spacial score (nSPS) is 24.8. The monoisotopic (exact) mass is 602 g/mol. The van der Waals surface area contributed by atoms with Crippen molar-refractivity contribution in [3.63, 3.8) is 0 Å². The third-order valence-electron chi connectivity index (χ3n) is 9.68. The van der Waals surface area contributed by atoms with Gasteiger partial charge in [0.15, 0.2) is 0 Å². The van der Waals surface area contributed by atoms with Gasteiger partial charge in [0.1, 0.15) is 5.75 Å². The van der Waals surface area contributed by atoms with Crippen LogP contribution in [0.3, 0.4) is 0 Å². The second kappa shape index (κ2) is 9.89. The fraction of sp³-hybridized carbons (Fsp3) is 0.222. The van der Waals surface area contributed by atoms with Crippen LogP contribution >= 0.6 is 11.6 Å². The van der Waals surface area contributed by atoms with Crippen molar-refractivity contribution in [1.29, 1.82) is 0 Å². The molecule has 218 valence electrons. The van der Waals surface area contributed by atoms with Crippen LogP contribution in [0.2, 0.25) is 5.02 Å². The summed E-state index contributed by atoms with van der Waals surface area (Å²) in [6, 6.07) is 28.3. The van der Waals surface area contributed by atoms with Gasteiger partial charge >= 0.3 is 5.97 Å². The summed E-state index contributed by atoms with van der Waals surface area (Å²) >= 11 is 6.28. The number of carbonyl (C=O) groups excluding carboxylic acids is 4. The molecule has 2 aliphatic heterocycles. The van der Waals surface area contributed by atoms with Gasteiger partial charge in [0.2, 0.25) is 17.7 Å². The molecule has 4 aromatic rings. The average molecular weight is 603 g/mol. The first kappa shape index (κ1) is 26.8. The van der Waals surface area contributed by atoms with Crippen LogP contribution in [0.25, 0.3) is 0 Å². The molecule has 2 heterocycles. The zero-order valence-electron chi connectivity index (χ0n) is 23.8. The topological polar surface area (TPSA) is 84.0 Å². The molecule has 0 saturated carbocycles. The first-order valence-electron chi connectivity index (χ1n) is 14.8. The molecule has 0 aromatic heterocycles. The molecule has 44 heavy (non-hydrogen) atoms. The number of rotatable bonds is 4. The third kappa shape index (κ3) is 3.82. The molecular weight excluding hydrogens is 576 g/mol. The van der Waals surface area contributed by atoms with Crippen LogP contribution in [0, 0.1) is 24.7 Å². The maximum atomic E-state index is 14.1. The Morgan fingerprint density at radius 1 is 0.750 bits per heavy atom. The number of ether oxygens (including phenoxy) is 1. The number of carbonyl (C=O) groups is 4. The van der Waals surface area contributed by atoms with E-state index in [-0.39, 0.29) is 48.3 Å². The van der Waals surface area contributed by atoms with E-state index < -0.39 is 23.7 Å². The SMILES string of the molecule is Cc1cc(OC(=O)[C@@H]2CC(=O)N(c3ccccc3Cl)C2)ccc1N1C(=O)[C@@H]2C3c4ccccc4C(c4ccccc43)[C@H]2C1=O. The van der Waals surface area contributed by atoms with Crippen molar-refractivity contribution in [3.05, 3.63) is 124 Å². The molecule has 0 unspecified atom stereocenters. The lowest BCUT2D eigenvalue weighted by atomic mass is 9.55. The summed E-state index contributed by atoms with van der Waals surface area (Å²) in [5.74, 6) is -2.79. The van der Waals surface area contributed by atoms with Crippen LogP contribution in [0.15, 0.2) is 91.0 Å². The zero-order valence-corrected chi connectivity index (χ0v) is 24.5. The minimum absolute atomic E-state index is 0.0216. The molecule has 8 heteroatoms. The van der Waals surface area contributed by atoms with Gasteiger partial charge in [0, 0.05) is 24.8 Å². The van der Waals surface area contributed by atoms with Crippen molar-refractivity contribution in [2.75, 3.05) is 16.3 Å². The van der Waals surface area contributed by atoms with E-state index in [4.69, 9.17) is 16.3 Å². The molecule has 4 aromatic carbocycles. The standard InChI is InChI=1S/C36H27ClN2O5/c1-19-16-21(44-36(43)20-17-29(40)38(18-20)28-13-7-6-12-26(28)37)14-15-27(19)39-34(41)32-30-22-8-2-3-9-23(22)31(33(32)35(39)42)25-11-5-4-10-24(25)30/h2-16,20,30-33H,17-18H2,1H3/t20-,30?,31?,32-,33-/m1/s1. The van der Waals surface area contributed by atoms with E-state index in [0.717, 1.165) is 22.3 Å². The predicted octanol–water partition coefficient (Wildman–Crippen LogP) is 6.00. The fourth-order valence-corrected chi connectivity index (χ4v) is 8.06. The van der Waals surface area contributed by atoms with Crippen molar-refractivity contribution >= 4 is 46.7 Å². The van der Waals surface area contributed by atoms with Crippen molar-refractivity contribution in [2.45, 2.75) is 25.2 Å². The number of halogens is 1. The maximum absolute atomic E-state index is 14.1. The largest absolute Gasteiger partial charge is 0.426 e. The Morgan fingerprint density at radius 3 is 1.84 bits per heavy atom. The molecule has 7 nitrogen and oxygen atoms in total. The van der Waals surface area contributed by atoms with Crippen LogP contribution in [-0.4, -0.2) is 30.2 Å². The lowest BCUT2D eigenvalue weighted by Crippen LogP contribution is -2.41. The van der Waals surface area contributed by atoms with Gasteiger partial charge < -0.3 is 9.64 Å². The number of anilines is 2. The van der Waals surface area contributed by atoms with E-state index in [1.807, 2.05) is 24.3 Å². The number of amides is 3. The van der Waals surface area contributed by atoms with Gasteiger partial charge in [-0.2, -0.15) is 0 Å².